The number of thioether (sulfide) groups is 1. The molecule has 2 amide bonds. The summed E-state index contributed by atoms with van der Waals surface area (Å²) in [4.78, 5) is 27.8. The molecule has 0 saturated carbocycles. The van der Waals surface area contributed by atoms with Gasteiger partial charge in [-0.3, -0.25) is 14.5 Å². The van der Waals surface area contributed by atoms with E-state index < -0.39 is 11.7 Å². The number of nitrogens with one attached hydrogen (secondary N) is 1. The van der Waals surface area contributed by atoms with Crippen molar-refractivity contribution in [1.82, 2.24) is 0 Å². The van der Waals surface area contributed by atoms with Crippen LogP contribution in [0.25, 0.3) is 6.08 Å². The van der Waals surface area contributed by atoms with Crippen molar-refractivity contribution in [3.63, 3.8) is 0 Å². The largest absolute Gasteiger partial charge is 0.493 e. The van der Waals surface area contributed by atoms with E-state index in [1.54, 1.807) is 49.6 Å². The van der Waals surface area contributed by atoms with Crippen LogP contribution in [0.2, 0.25) is 0 Å². The van der Waals surface area contributed by atoms with Crippen LogP contribution in [-0.4, -0.2) is 30.4 Å². The quantitative estimate of drug-likeness (QED) is 0.277. The zero-order valence-corrected chi connectivity index (χ0v) is 21.7. The van der Waals surface area contributed by atoms with Crippen molar-refractivity contribution in [2.24, 2.45) is 0 Å². The third-order valence-corrected chi connectivity index (χ3v) is 7.04. The first-order valence-corrected chi connectivity index (χ1v) is 12.2. The van der Waals surface area contributed by atoms with Crippen molar-refractivity contribution in [2.75, 3.05) is 24.4 Å². The molecule has 1 aliphatic heterocycles. The first kappa shape index (κ1) is 24.9. The smallest absolute Gasteiger partial charge is 0.270 e. The van der Waals surface area contributed by atoms with Crippen molar-refractivity contribution in [3.8, 4) is 11.5 Å². The monoisotopic (exact) mass is 572 g/mol. The van der Waals surface area contributed by atoms with E-state index in [-0.39, 0.29) is 5.91 Å². The fourth-order valence-corrected chi connectivity index (χ4v) is 5.06. The number of ether oxygens (including phenoxy) is 2. The van der Waals surface area contributed by atoms with Gasteiger partial charge in [-0.05, 0) is 66.2 Å². The zero-order chi connectivity index (χ0) is 25.1. The second kappa shape index (κ2) is 10.6. The Hall–Kier alpha value is -3.21. The predicted molar refractivity (Wildman–Crippen MR) is 144 cm³/mol. The lowest BCUT2D eigenvalue weighted by molar-refractivity contribution is -0.113. The van der Waals surface area contributed by atoms with E-state index >= 15 is 0 Å². The van der Waals surface area contributed by atoms with E-state index in [0.717, 1.165) is 21.8 Å². The molecule has 1 saturated heterocycles. The first-order valence-electron chi connectivity index (χ1n) is 10.2. The van der Waals surface area contributed by atoms with Crippen LogP contribution in [0.1, 0.15) is 15.9 Å². The molecule has 1 heterocycles. The number of halogens is 2. The summed E-state index contributed by atoms with van der Waals surface area (Å²) in [5.41, 5.74) is 1.97. The fourth-order valence-electron chi connectivity index (χ4n) is 3.33. The minimum atomic E-state index is -0.396. The predicted octanol–water partition coefficient (Wildman–Crippen LogP) is 6.26. The standard InChI is InChI=1S/C25H18BrFN2O4S2/c1-32-20-11-15(19(26)13-21(20)33-2)12-22-24(31)29(25(34)35-22)18-5-3-4-14(10-18)23(30)28-17-8-6-16(27)7-9-17/h3-13H,1-2H3,(H,28,30)/b22-12+. The van der Waals surface area contributed by atoms with Gasteiger partial charge in [-0.2, -0.15) is 0 Å². The van der Waals surface area contributed by atoms with Gasteiger partial charge in [0.2, 0.25) is 0 Å². The lowest BCUT2D eigenvalue weighted by atomic mass is 10.1. The summed E-state index contributed by atoms with van der Waals surface area (Å²) in [7, 11) is 3.08. The molecule has 3 aromatic carbocycles. The van der Waals surface area contributed by atoms with Gasteiger partial charge in [0.1, 0.15) is 5.82 Å². The highest BCUT2D eigenvalue weighted by Crippen LogP contribution is 2.39. The molecule has 1 fully saturated rings. The Morgan fingerprint density at radius 2 is 1.77 bits per heavy atom. The van der Waals surface area contributed by atoms with Crippen LogP contribution in [-0.2, 0) is 4.79 Å². The second-order valence-electron chi connectivity index (χ2n) is 7.26. The number of benzene rings is 3. The topological polar surface area (TPSA) is 67.9 Å². The van der Waals surface area contributed by atoms with Crippen LogP contribution in [0.3, 0.4) is 0 Å². The van der Waals surface area contributed by atoms with E-state index in [1.807, 2.05) is 0 Å². The molecule has 35 heavy (non-hydrogen) atoms. The van der Waals surface area contributed by atoms with Crippen LogP contribution in [0.5, 0.6) is 11.5 Å². The molecular weight excluding hydrogens is 555 g/mol. The van der Waals surface area contributed by atoms with Crippen LogP contribution in [0.4, 0.5) is 15.8 Å². The van der Waals surface area contributed by atoms with Gasteiger partial charge < -0.3 is 14.8 Å². The van der Waals surface area contributed by atoms with Crippen LogP contribution < -0.4 is 19.7 Å². The summed E-state index contributed by atoms with van der Waals surface area (Å²) in [5.74, 6) is -0.0175. The maximum absolute atomic E-state index is 13.3. The van der Waals surface area contributed by atoms with Gasteiger partial charge in [-0.25, -0.2) is 4.39 Å². The number of hydrogen-bond acceptors (Lipinski definition) is 6. The van der Waals surface area contributed by atoms with E-state index in [9.17, 15) is 14.0 Å². The van der Waals surface area contributed by atoms with Crippen molar-refractivity contribution in [3.05, 3.63) is 87.0 Å². The Kier molecular flexibility index (Phi) is 7.54. The number of anilines is 2. The highest BCUT2D eigenvalue weighted by Gasteiger charge is 2.34. The number of hydrogen-bond donors (Lipinski definition) is 1. The molecule has 0 aromatic heterocycles. The molecule has 0 bridgehead atoms. The molecule has 4 rings (SSSR count). The van der Waals surface area contributed by atoms with Gasteiger partial charge >= 0.3 is 0 Å². The molecule has 0 spiro atoms. The number of carbonyl (C=O) groups is 2. The molecule has 10 heteroatoms. The third-order valence-electron chi connectivity index (χ3n) is 5.05. The maximum atomic E-state index is 13.3. The zero-order valence-electron chi connectivity index (χ0n) is 18.5. The average molecular weight is 573 g/mol. The molecule has 178 valence electrons. The molecule has 3 aromatic rings. The Morgan fingerprint density at radius 1 is 1.09 bits per heavy atom. The SMILES string of the molecule is COc1cc(Br)c(/C=C2/SC(=S)N(c3cccc(C(=O)Nc4ccc(F)cc4)c3)C2=O)cc1OC. The number of amides is 2. The van der Waals surface area contributed by atoms with Crippen molar-refractivity contribution < 1.29 is 23.5 Å². The van der Waals surface area contributed by atoms with Gasteiger partial charge in [0.05, 0.1) is 24.8 Å². The van der Waals surface area contributed by atoms with Crippen molar-refractivity contribution in [2.45, 2.75) is 0 Å². The minimum Gasteiger partial charge on any atom is -0.493 e. The van der Waals surface area contributed by atoms with E-state index in [1.165, 1.54) is 36.3 Å². The third kappa shape index (κ3) is 5.39. The van der Waals surface area contributed by atoms with Gasteiger partial charge in [0, 0.05) is 15.7 Å². The highest BCUT2D eigenvalue weighted by atomic mass is 79.9. The van der Waals surface area contributed by atoms with E-state index in [4.69, 9.17) is 21.7 Å². The highest BCUT2D eigenvalue weighted by molar-refractivity contribution is 9.10. The summed E-state index contributed by atoms with van der Waals surface area (Å²) in [6.45, 7) is 0. The van der Waals surface area contributed by atoms with Gasteiger partial charge in [-0.15, -0.1) is 0 Å². The summed E-state index contributed by atoms with van der Waals surface area (Å²) in [6, 6.07) is 15.5. The molecular formula is C25H18BrFN2O4S2. The molecule has 0 atom stereocenters. The Balaban J connectivity index is 1.59. The lowest BCUT2D eigenvalue weighted by Crippen LogP contribution is -2.27. The maximum Gasteiger partial charge on any atom is 0.270 e. The number of rotatable bonds is 6. The van der Waals surface area contributed by atoms with Crippen molar-refractivity contribution >= 4 is 73.5 Å². The number of thiocarbonyl (C=S) groups is 1. The van der Waals surface area contributed by atoms with Crippen molar-refractivity contribution in [1.29, 1.82) is 0 Å². The average Bonchev–Trinajstić information content (AvgIpc) is 3.13. The molecule has 0 aliphatic carbocycles. The second-order valence-corrected chi connectivity index (χ2v) is 9.79. The molecule has 1 aliphatic rings. The van der Waals surface area contributed by atoms with Gasteiger partial charge in [0.15, 0.2) is 15.8 Å². The molecule has 6 nitrogen and oxygen atoms in total. The lowest BCUT2D eigenvalue weighted by Gasteiger charge is -2.15. The van der Waals surface area contributed by atoms with Gasteiger partial charge in [-0.1, -0.05) is 46.0 Å². The van der Waals surface area contributed by atoms with Crippen LogP contribution >= 0.6 is 39.9 Å². The summed E-state index contributed by atoms with van der Waals surface area (Å²) >= 11 is 10.1. The number of methoxy groups -OCH3 is 2. The molecule has 1 N–H and O–H groups in total. The molecule has 0 radical (unpaired) electrons. The van der Waals surface area contributed by atoms with E-state index in [2.05, 4.69) is 21.2 Å². The minimum absolute atomic E-state index is 0.308. The Bertz CT molecular complexity index is 1360. The summed E-state index contributed by atoms with van der Waals surface area (Å²) in [6.07, 6.45) is 1.72. The van der Waals surface area contributed by atoms with Crippen LogP contribution in [0, 0.1) is 5.82 Å². The first-order chi connectivity index (χ1) is 16.8. The normalized spacial score (nSPS) is 14.4. The van der Waals surface area contributed by atoms with E-state index in [0.29, 0.717) is 37.7 Å². The molecule has 0 unspecified atom stereocenters. The number of nitrogens with zero attached hydrogens (tertiary/aromatic N) is 1. The Labute approximate surface area is 219 Å². The van der Waals surface area contributed by atoms with Gasteiger partial charge in [0.25, 0.3) is 11.8 Å². The van der Waals surface area contributed by atoms with Crippen LogP contribution in [0.15, 0.2) is 70.0 Å². The Morgan fingerprint density at radius 3 is 2.46 bits per heavy atom. The summed E-state index contributed by atoms with van der Waals surface area (Å²) < 4.78 is 24.9. The summed E-state index contributed by atoms with van der Waals surface area (Å²) in [5, 5.41) is 2.71. The fraction of sp³-hybridized carbons (Fsp3) is 0.0800. The number of carbonyl (C=O) groups excluding carboxylic acids is 2.